The van der Waals surface area contributed by atoms with Gasteiger partial charge in [-0.05, 0) is 193 Å². The molecule has 0 saturated heterocycles. The Morgan fingerprint density at radius 2 is 0.917 bits per heavy atom. The minimum Gasteiger partial charge on any atom is -0.117 e. The Bertz CT molecular complexity index is 4360. The van der Waals surface area contributed by atoms with Gasteiger partial charge in [0.15, 0.2) is 0 Å². The molecule has 1 atom stereocenters. The van der Waals surface area contributed by atoms with Crippen LogP contribution in [0.25, 0.3) is 111 Å². The van der Waals surface area contributed by atoms with Gasteiger partial charge in [-0.25, -0.2) is 0 Å². The van der Waals surface area contributed by atoms with E-state index in [4.69, 9.17) is 0 Å². The monoisotopic (exact) mass is 950 g/mol. The highest BCUT2D eigenvalue weighted by Crippen LogP contribution is 2.54. The molecule has 0 N–H and O–H groups in total. The molecule has 338 valence electrons. The van der Waals surface area contributed by atoms with Crippen molar-refractivity contribution >= 4 is 89.9 Å². The molecule has 0 saturated carbocycles. The SMILES string of the molecule is C1=Cc2c(c(-c3ccc4c(c3)SC3CC5=c6c(cccc6=C43)Sc3cc(-c4c6ccccc6c(-c6cccc7ccccc67)c6ccccc46)ccc35)c3c(c2-c2cccc4ccccc24)CCC=C3)CC1. The molecule has 0 amide bonds. The number of rotatable bonds is 4. The van der Waals surface area contributed by atoms with Crippen LogP contribution in [-0.2, 0) is 12.8 Å². The second-order valence-electron chi connectivity index (χ2n) is 20.2. The zero-order valence-electron chi connectivity index (χ0n) is 39.6. The van der Waals surface area contributed by atoms with E-state index in [9.17, 15) is 0 Å². The van der Waals surface area contributed by atoms with E-state index in [1.807, 2.05) is 11.8 Å². The lowest BCUT2D eigenvalue weighted by Gasteiger charge is -2.28. The second kappa shape index (κ2) is 15.9. The summed E-state index contributed by atoms with van der Waals surface area (Å²) in [6.45, 7) is 0. The summed E-state index contributed by atoms with van der Waals surface area (Å²) in [6, 6.07) is 71.5. The first-order valence-electron chi connectivity index (χ1n) is 25.7. The molecule has 72 heavy (non-hydrogen) atoms. The van der Waals surface area contributed by atoms with Crippen molar-refractivity contribution in [3.63, 3.8) is 0 Å². The Morgan fingerprint density at radius 1 is 0.389 bits per heavy atom. The minimum atomic E-state index is 0.359. The van der Waals surface area contributed by atoms with E-state index in [2.05, 4.69) is 224 Å². The zero-order valence-corrected chi connectivity index (χ0v) is 41.3. The summed E-state index contributed by atoms with van der Waals surface area (Å²) in [4.78, 5) is 4.15. The molecule has 16 rings (SSSR count). The van der Waals surface area contributed by atoms with Crippen LogP contribution < -0.4 is 10.4 Å². The minimum absolute atomic E-state index is 0.359. The molecule has 0 spiro atoms. The molecule has 0 fully saturated rings. The fraction of sp³-hybridized carbons (Fsp3) is 0.0857. The standard InChI is InChI=1S/C70H46S2/c1-3-20-45-41(16-1)18-13-30-48(45)67-54-26-9-5-22-50(54)65(51-23-6-10-27-55(51)67)43-34-36-47-60-40-64-69(59-32-15-33-61(70(59)60)71-62(47)38-43)58-37-35-44(39-63(58)72-64)66-52-24-7-11-28-56(52)68(57-29-12-8-25-53(57)66)49-31-14-19-42-17-2-4-21-46(42)49/h1-7,9-10,12-24,26-27,29-39,64H,8,11,25,28,40H2. The highest BCUT2D eigenvalue weighted by molar-refractivity contribution is 8.01. The maximum absolute atomic E-state index is 2.57. The summed E-state index contributed by atoms with van der Waals surface area (Å²) < 4.78 is 0. The summed E-state index contributed by atoms with van der Waals surface area (Å²) in [5, 5.41) is 13.6. The van der Waals surface area contributed by atoms with Crippen molar-refractivity contribution in [3.8, 4) is 44.5 Å². The number of benzene rings is 11. The molecule has 0 aromatic heterocycles. The summed E-state index contributed by atoms with van der Waals surface area (Å²) in [5.74, 6) is 0. The topological polar surface area (TPSA) is 0 Å². The quantitative estimate of drug-likeness (QED) is 0.161. The van der Waals surface area contributed by atoms with Crippen molar-refractivity contribution in [2.45, 2.75) is 52.0 Å². The lowest BCUT2D eigenvalue weighted by molar-refractivity contribution is 0.958. The molecule has 11 aromatic carbocycles. The number of allylic oxidation sites excluding steroid dienone is 2. The third kappa shape index (κ3) is 5.97. The fourth-order valence-corrected chi connectivity index (χ4v) is 16.2. The molecule has 0 nitrogen and oxygen atoms in total. The van der Waals surface area contributed by atoms with Crippen LogP contribution in [-0.4, -0.2) is 5.25 Å². The third-order valence-electron chi connectivity index (χ3n) is 16.5. The highest BCUT2D eigenvalue weighted by atomic mass is 32.2. The molecular formula is C70H46S2. The largest absolute Gasteiger partial charge is 0.117 e. The van der Waals surface area contributed by atoms with Crippen LogP contribution in [0.3, 0.4) is 0 Å². The molecular weight excluding hydrogens is 905 g/mol. The Morgan fingerprint density at radius 3 is 1.60 bits per heavy atom. The summed E-state index contributed by atoms with van der Waals surface area (Å²) in [5.41, 5.74) is 22.5. The lowest BCUT2D eigenvalue weighted by atomic mass is 9.75. The van der Waals surface area contributed by atoms with Crippen molar-refractivity contribution in [1.29, 1.82) is 0 Å². The first-order valence-corrected chi connectivity index (χ1v) is 27.4. The van der Waals surface area contributed by atoms with Crippen molar-refractivity contribution in [1.82, 2.24) is 0 Å². The first kappa shape index (κ1) is 41.0. The van der Waals surface area contributed by atoms with Crippen molar-refractivity contribution in [2.24, 2.45) is 0 Å². The van der Waals surface area contributed by atoms with Gasteiger partial charge in [0, 0.05) is 19.9 Å². The van der Waals surface area contributed by atoms with Crippen LogP contribution in [0.2, 0.25) is 0 Å². The van der Waals surface area contributed by atoms with Gasteiger partial charge in [-0.3, -0.25) is 0 Å². The number of hydrogen-bond donors (Lipinski definition) is 0. The van der Waals surface area contributed by atoms with Gasteiger partial charge in [0.25, 0.3) is 0 Å². The van der Waals surface area contributed by atoms with E-state index >= 15 is 0 Å². The molecule has 1 unspecified atom stereocenters. The smallest absolute Gasteiger partial charge is 0.0398 e. The van der Waals surface area contributed by atoms with Gasteiger partial charge in [-0.1, -0.05) is 206 Å². The molecule has 11 aromatic rings. The van der Waals surface area contributed by atoms with E-state index in [1.165, 1.54) is 157 Å². The Labute approximate surface area is 427 Å². The summed E-state index contributed by atoms with van der Waals surface area (Å²) in [7, 11) is 0. The van der Waals surface area contributed by atoms with E-state index in [0.29, 0.717) is 5.25 Å². The van der Waals surface area contributed by atoms with Crippen molar-refractivity contribution in [3.05, 3.63) is 244 Å². The van der Waals surface area contributed by atoms with Crippen LogP contribution in [0.15, 0.2) is 215 Å². The number of fused-ring (bicyclic) bond motifs is 11. The average molecular weight is 951 g/mol. The van der Waals surface area contributed by atoms with Gasteiger partial charge < -0.3 is 0 Å². The number of hydrogen-bond acceptors (Lipinski definition) is 2. The van der Waals surface area contributed by atoms with Crippen LogP contribution in [0.4, 0.5) is 0 Å². The first-order chi connectivity index (χ1) is 35.7. The Kier molecular flexibility index (Phi) is 9.09. The van der Waals surface area contributed by atoms with Gasteiger partial charge in [0.05, 0.1) is 0 Å². The van der Waals surface area contributed by atoms with Gasteiger partial charge >= 0.3 is 0 Å². The Balaban J connectivity index is 0.829. The normalized spacial score (nSPS) is 15.9. The van der Waals surface area contributed by atoms with Gasteiger partial charge in [-0.2, -0.15) is 0 Å². The predicted molar refractivity (Wildman–Crippen MR) is 308 cm³/mol. The van der Waals surface area contributed by atoms with E-state index in [1.54, 1.807) is 0 Å². The fourth-order valence-electron chi connectivity index (χ4n) is 13.6. The second-order valence-corrected chi connectivity index (χ2v) is 22.5. The molecule has 2 aliphatic heterocycles. The molecule has 5 aliphatic rings. The number of thioether (sulfide) groups is 1. The summed E-state index contributed by atoms with van der Waals surface area (Å²) in [6.07, 6.45) is 15.0. The van der Waals surface area contributed by atoms with E-state index in [0.717, 1.165) is 32.1 Å². The maximum Gasteiger partial charge on any atom is 0.0398 e. The van der Waals surface area contributed by atoms with Crippen molar-refractivity contribution in [2.75, 3.05) is 0 Å². The maximum atomic E-state index is 2.57. The van der Waals surface area contributed by atoms with Crippen LogP contribution in [0, 0.1) is 0 Å². The average Bonchev–Trinajstić information content (AvgIpc) is 3.81. The highest BCUT2D eigenvalue weighted by Gasteiger charge is 2.36. The molecule has 3 aliphatic carbocycles. The molecule has 2 heteroatoms. The van der Waals surface area contributed by atoms with Crippen LogP contribution >= 0.6 is 23.5 Å². The zero-order chi connectivity index (χ0) is 47.0. The van der Waals surface area contributed by atoms with Crippen molar-refractivity contribution < 1.29 is 0 Å². The van der Waals surface area contributed by atoms with E-state index in [-0.39, 0.29) is 0 Å². The third-order valence-corrected chi connectivity index (χ3v) is 18.9. The molecule has 0 radical (unpaired) electrons. The van der Waals surface area contributed by atoms with Gasteiger partial charge in [0.1, 0.15) is 0 Å². The molecule has 0 bridgehead atoms. The molecule has 2 heterocycles. The summed E-state index contributed by atoms with van der Waals surface area (Å²) >= 11 is 4.06. The van der Waals surface area contributed by atoms with Crippen LogP contribution in [0.1, 0.15) is 52.6 Å². The van der Waals surface area contributed by atoms with Crippen LogP contribution in [0.5, 0.6) is 0 Å². The lowest BCUT2D eigenvalue weighted by Crippen LogP contribution is -2.38. The van der Waals surface area contributed by atoms with E-state index < -0.39 is 0 Å². The van der Waals surface area contributed by atoms with Gasteiger partial charge in [0.2, 0.25) is 0 Å². The Hall–Kier alpha value is -7.62. The predicted octanol–water partition coefficient (Wildman–Crippen LogP) is 17.6. The van der Waals surface area contributed by atoms with Gasteiger partial charge in [-0.15, -0.1) is 11.8 Å².